The Kier molecular flexibility index (Phi) is 5.74. The highest BCUT2D eigenvalue weighted by Gasteiger charge is 2.27. The Morgan fingerprint density at radius 3 is 2.59 bits per heavy atom. The molecule has 0 bridgehead atoms. The first kappa shape index (κ1) is 19.3. The lowest BCUT2D eigenvalue weighted by Gasteiger charge is -2.40. The standard InChI is InChI=1S/C19H28N6O2/c1-5-16(13(2)24-8-10-25(11-9-24)14(3)26)21-19-20-12-15-6-7-17(27)23(4)18(15)22-19/h6-7,12-13,16H,5,8-11H2,1-4H3,(H,20,21,22)/t13-,16?/m1/s1. The summed E-state index contributed by atoms with van der Waals surface area (Å²) >= 11 is 0. The quantitative estimate of drug-likeness (QED) is 0.845. The van der Waals surface area contributed by atoms with Gasteiger partial charge in [0, 0.05) is 69.9 Å². The fraction of sp³-hybridized carbons (Fsp3) is 0.579. The topological polar surface area (TPSA) is 83.4 Å². The normalized spacial score (nSPS) is 17.7. The molecule has 2 aromatic rings. The van der Waals surface area contributed by atoms with Gasteiger partial charge in [-0.05, 0) is 19.4 Å². The minimum Gasteiger partial charge on any atom is -0.350 e. The van der Waals surface area contributed by atoms with Crippen molar-refractivity contribution in [2.75, 3.05) is 31.5 Å². The van der Waals surface area contributed by atoms with Crippen molar-refractivity contribution < 1.29 is 4.79 Å². The van der Waals surface area contributed by atoms with Crippen LogP contribution in [0, 0.1) is 0 Å². The molecular formula is C19H28N6O2. The summed E-state index contributed by atoms with van der Waals surface area (Å²) < 4.78 is 1.54. The van der Waals surface area contributed by atoms with E-state index >= 15 is 0 Å². The summed E-state index contributed by atoms with van der Waals surface area (Å²) in [4.78, 5) is 36.6. The van der Waals surface area contributed by atoms with E-state index in [-0.39, 0.29) is 23.6 Å². The minimum atomic E-state index is -0.0871. The van der Waals surface area contributed by atoms with Gasteiger partial charge in [0.15, 0.2) is 0 Å². The molecule has 1 saturated heterocycles. The molecule has 8 heteroatoms. The van der Waals surface area contributed by atoms with Crippen LogP contribution in [0.1, 0.15) is 27.2 Å². The van der Waals surface area contributed by atoms with Gasteiger partial charge in [0.1, 0.15) is 5.65 Å². The Labute approximate surface area is 159 Å². The number of aryl methyl sites for hydroxylation is 1. The van der Waals surface area contributed by atoms with Crippen LogP contribution in [0.2, 0.25) is 0 Å². The van der Waals surface area contributed by atoms with Crippen molar-refractivity contribution in [1.82, 2.24) is 24.3 Å². The number of piperazine rings is 1. The number of aromatic nitrogens is 3. The Morgan fingerprint density at radius 1 is 1.26 bits per heavy atom. The molecule has 1 N–H and O–H groups in total. The second-order valence-electron chi connectivity index (χ2n) is 7.14. The molecule has 1 aliphatic heterocycles. The zero-order chi connectivity index (χ0) is 19.6. The molecule has 146 valence electrons. The van der Waals surface area contributed by atoms with Crippen molar-refractivity contribution in [3.63, 3.8) is 0 Å². The van der Waals surface area contributed by atoms with Gasteiger partial charge in [0.05, 0.1) is 0 Å². The predicted molar refractivity (Wildman–Crippen MR) is 106 cm³/mol. The summed E-state index contributed by atoms with van der Waals surface area (Å²) in [5.74, 6) is 0.674. The van der Waals surface area contributed by atoms with E-state index in [4.69, 9.17) is 0 Å². The zero-order valence-electron chi connectivity index (χ0n) is 16.5. The molecule has 1 aliphatic rings. The maximum absolute atomic E-state index is 11.9. The first-order valence-electron chi connectivity index (χ1n) is 9.49. The number of hydrogen-bond acceptors (Lipinski definition) is 6. The van der Waals surface area contributed by atoms with E-state index in [0.717, 1.165) is 38.0 Å². The van der Waals surface area contributed by atoms with Crippen LogP contribution in [-0.4, -0.2) is 68.5 Å². The first-order chi connectivity index (χ1) is 12.9. The number of amides is 1. The van der Waals surface area contributed by atoms with E-state index in [2.05, 4.69) is 34.0 Å². The third kappa shape index (κ3) is 4.10. The Bertz CT molecular complexity index is 872. The molecule has 3 heterocycles. The van der Waals surface area contributed by atoms with Crippen LogP contribution in [0.4, 0.5) is 5.95 Å². The highest BCUT2D eigenvalue weighted by Crippen LogP contribution is 2.16. The van der Waals surface area contributed by atoms with E-state index in [1.807, 2.05) is 4.90 Å². The van der Waals surface area contributed by atoms with Gasteiger partial charge in [-0.15, -0.1) is 0 Å². The Balaban J connectivity index is 1.73. The molecule has 0 saturated carbocycles. The van der Waals surface area contributed by atoms with Crippen LogP contribution >= 0.6 is 0 Å². The molecule has 2 atom stereocenters. The molecule has 0 aromatic carbocycles. The number of pyridine rings is 1. The molecule has 2 aromatic heterocycles. The highest BCUT2D eigenvalue weighted by atomic mass is 16.2. The number of rotatable bonds is 5. The molecule has 27 heavy (non-hydrogen) atoms. The summed E-state index contributed by atoms with van der Waals surface area (Å²) in [6, 6.07) is 3.72. The van der Waals surface area contributed by atoms with Gasteiger partial charge in [-0.25, -0.2) is 4.98 Å². The lowest BCUT2D eigenvalue weighted by atomic mass is 10.0. The second-order valence-corrected chi connectivity index (χ2v) is 7.14. The van der Waals surface area contributed by atoms with Gasteiger partial charge in [0.25, 0.3) is 5.56 Å². The van der Waals surface area contributed by atoms with E-state index in [1.165, 1.54) is 10.6 Å². The van der Waals surface area contributed by atoms with Gasteiger partial charge in [-0.2, -0.15) is 4.98 Å². The van der Waals surface area contributed by atoms with Crippen LogP contribution in [0.25, 0.3) is 11.0 Å². The van der Waals surface area contributed by atoms with E-state index in [1.54, 1.807) is 26.2 Å². The van der Waals surface area contributed by atoms with E-state index in [0.29, 0.717) is 11.6 Å². The molecule has 1 unspecified atom stereocenters. The SMILES string of the molecule is CCC(Nc1ncc2ccc(=O)n(C)c2n1)[C@@H](C)N1CCN(C(C)=O)CC1. The van der Waals surface area contributed by atoms with Crippen molar-refractivity contribution in [2.24, 2.45) is 7.05 Å². The van der Waals surface area contributed by atoms with Gasteiger partial charge < -0.3 is 10.2 Å². The number of hydrogen-bond donors (Lipinski definition) is 1. The zero-order valence-corrected chi connectivity index (χ0v) is 16.5. The maximum Gasteiger partial charge on any atom is 0.251 e. The number of carbonyl (C=O) groups excluding carboxylic acids is 1. The molecule has 1 fully saturated rings. The monoisotopic (exact) mass is 372 g/mol. The number of carbonyl (C=O) groups is 1. The first-order valence-corrected chi connectivity index (χ1v) is 9.49. The third-order valence-corrected chi connectivity index (χ3v) is 5.52. The lowest BCUT2D eigenvalue weighted by Crippen LogP contribution is -2.54. The molecule has 1 amide bonds. The Morgan fingerprint density at radius 2 is 1.96 bits per heavy atom. The maximum atomic E-state index is 11.9. The van der Waals surface area contributed by atoms with Gasteiger partial charge in [-0.3, -0.25) is 19.1 Å². The lowest BCUT2D eigenvalue weighted by molar-refractivity contribution is -0.130. The summed E-state index contributed by atoms with van der Waals surface area (Å²) in [5, 5.41) is 4.28. The van der Waals surface area contributed by atoms with Crippen LogP contribution < -0.4 is 10.9 Å². The molecule has 3 rings (SSSR count). The van der Waals surface area contributed by atoms with E-state index in [9.17, 15) is 9.59 Å². The molecular weight excluding hydrogens is 344 g/mol. The van der Waals surface area contributed by atoms with Crippen molar-refractivity contribution in [3.8, 4) is 0 Å². The largest absolute Gasteiger partial charge is 0.350 e. The Hall–Kier alpha value is -2.48. The summed E-state index contributed by atoms with van der Waals surface area (Å²) in [5.41, 5.74) is 0.536. The van der Waals surface area contributed by atoms with Crippen molar-refractivity contribution in [3.05, 3.63) is 28.7 Å². The van der Waals surface area contributed by atoms with Gasteiger partial charge in [-0.1, -0.05) is 6.92 Å². The summed E-state index contributed by atoms with van der Waals surface area (Å²) in [7, 11) is 1.72. The average Bonchev–Trinajstić information content (AvgIpc) is 2.68. The van der Waals surface area contributed by atoms with Crippen LogP contribution in [-0.2, 0) is 11.8 Å². The fourth-order valence-electron chi connectivity index (χ4n) is 3.64. The average molecular weight is 372 g/mol. The molecule has 0 radical (unpaired) electrons. The second kappa shape index (κ2) is 8.04. The number of nitrogens with zero attached hydrogens (tertiary/aromatic N) is 5. The number of nitrogens with one attached hydrogen (secondary N) is 1. The van der Waals surface area contributed by atoms with Crippen LogP contribution in [0.3, 0.4) is 0 Å². The summed E-state index contributed by atoms with van der Waals surface area (Å²) in [6.07, 6.45) is 2.66. The van der Waals surface area contributed by atoms with Gasteiger partial charge in [0.2, 0.25) is 11.9 Å². The fourth-order valence-corrected chi connectivity index (χ4v) is 3.64. The van der Waals surface area contributed by atoms with Crippen molar-refractivity contribution in [1.29, 1.82) is 0 Å². The third-order valence-electron chi connectivity index (χ3n) is 5.52. The predicted octanol–water partition coefficient (Wildman–Crippen LogP) is 1.07. The number of fused-ring (bicyclic) bond motifs is 1. The van der Waals surface area contributed by atoms with Crippen molar-refractivity contribution >= 4 is 22.9 Å². The minimum absolute atomic E-state index is 0.0871. The summed E-state index contributed by atoms with van der Waals surface area (Å²) in [6.45, 7) is 9.23. The van der Waals surface area contributed by atoms with Crippen molar-refractivity contribution in [2.45, 2.75) is 39.3 Å². The van der Waals surface area contributed by atoms with Crippen LogP contribution in [0.15, 0.2) is 23.1 Å². The van der Waals surface area contributed by atoms with Crippen LogP contribution in [0.5, 0.6) is 0 Å². The molecule has 0 aliphatic carbocycles. The number of anilines is 1. The van der Waals surface area contributed by atoms with Gasteiger partial charge >= 0.3 is 0 Å². The highest BCUT2D eigenvalue weighted by molar-refractivity contribution is 5.75. The smallest absolute Gasteiger partial charge is 0.251 e. The van der Waals surface area contributed by atoms with E-state index < -0.39 is 0 Å². The molecule has 8 nitrogen and oxygen atoms in total. The molecule has 0 spiro atoms.